The molecule has 0 aliphatic heterocycles. The number of amides is 1. The molecule has 0 aliphatic rings. The lowest BCUT2D eigenvalue weighted by atomic mass is 10.2. The summed E-state index contributed by atoms with van der Waals surface area (Å²) < 4.78 is 0. The summed E-state index contributed by atoms with van der Waals surface area (Å²) in [5, 5.41) is 19.7. The first kappa shape index (κ1) is 13.3. The second-order valence-electron chi connectivity index (χ2n) is 3.70. The molecule has 0 aromatic carbocycles. The summed E-state index contributed by atoms with van der Waals surface area (Å²) in [6.07, 6.45) is 3.48. The van der Waals surface area contributed by atoms with Gasteiger partial charge in [0.25, 0.3) is 5.91 Å². The number of hydrogen-bond acceptors (Lipinski definition) is 4. The predicted octanol–water partition coefficient (Wildman–Crippen LogP) is 1.14. The highest BCUT2D eigenvalue weighted by atomic mass is 32.1. The van der Waals surface area contributed by atoms with Crippen LogP contribution in [0.3, 0.4) is 0 Å². The third-order valence-corrected chi connectivity index (χ3v) is 3.30. The van der Waals surface area contributed by atoms with Gasteiger partial charge in [0.1, 0.15) is 0 Å². The molecule has 0 fully saturated rings. The van der Waals surface area contributed by atoms with E-state index in [2.05, 4.69) is 27.4 Å². The molecule has 1 amide bonds. The molecule has 0 radical (unpaired) electrons. The highest BCUT2D eigenvalue weighted by molar-refractivity contribution is 7.10. The fourth-order valence-electron chi connectivity index (χ4n) is 1.44. The molecule has 0 atom stereocenters. The first-order valence-electron chi connectivity index (χ1n) is 5.74. The second-order valence-corrected chi connectivity index (χ2v) is 4.70. The Kier molecular flexibility index (Phi) is 4.72. The van der Waals surface area contributed by atoms with Gasteiger partial charge in [0.2, 0.25) is 0 Å². The summed E-state index contributed by atoms with van der Waals surface area (Å²) in [7, 11) is 0. The molecule has 3 N–H and O–H groups in total. The van der Waals surface area contributed by atoms with E-state index < -0.39 is 0 Å². The maximum absolute atomic E-state index is 11.7. The van der Waals surface area contributed by atoms with Crippen molar-refractivity contribution >= 4 is 17.2 Å². The van der Waals surface area contributed by atoms with Gasteiger partial charge in [-0.2, -0.15) is 5.10 Å². The summed E-state index contributed by atoms with van der Waals surface area (Å²) in [5.41, 5.74) is 1.40. The average Bonchev–Trinajstić information content (AvgIpc) is 3.08. The minimum atomic E-state index is -0.170. The van der Waals surface area contributed by atoms with Crippen molar-refractivity contribution in [1.29, 1.82) is 0 Å². The van der Waals surface area contributed by atoms with Gasteiger partial charge in [-0.3, -0.25) is 9.89 Å². The topological polar surface area (TPSA) is 78.0 Å². The number of hydrogen-bond donors (Lipinski definition) is 3. The molecule has 5 nitrogen and oxygen atoms in total. The van der Waals surface area contributed by atoms with Gasteiger partial charge in [-0.15, -0.1) is 11.3 Å². The normalized spacial score (nSPS) is 9.74. The van der Waals surface area contributed by atoms with Gasteiger partial charge in [0.05, 0.1) is 24.9 Å². The average molecular weight is 275 g/mol. The molecule has 2 rings (SSSR count). The molecule has 0 spiro atoms. The van der Waals surface area contributed by atoms with E-state index in [1.165, 1.54) is 6.20 Å². The zero-order valence-corrected chi connectivity index (χ0v) is 11.0. The number of thiophene rings is 1. The number of aromatic nitrogens is 2. The van der Waals surface area contributed by atoms with Gasteiger partial charge in [0.15, 0.2) is 0 Å². The van der Waals surface area contributed by atoms with Crippen molar-refractivity contribution < 1.29 is 9.90 Å². The molecule has 2 heterocycles. The third-order valence-electron chi connectivity index (χ3n) is 2.38. The Labute approximate surface area is 114 Å². The summed E-state index contributed by atoms with van der Waals surface area (Å²) >= 11 is 1.54. The fourth-order valence-corrected chi connectivity index (χ4v) is 2.21. The van der Waals surface area contributed by atoms with Crippen molar-refractivity contribution in [3.05, 3.63) is 39.8 Å². The molecular weight excluding hydrogens is 262 g/mol. The zero-order valence-electron chi connectivity index (χ0n) is 10.1. The van der Waals surface area contributed by atoms with Crippen molar-refractivity contribution in [3.63, 3.8) is 0 Å². The van der Waals surface area contributed by atoms with Crippen LogP contribution in [0.2, 0.25) is 0 Å². The number of rotatable bonds is 4. The Bertz CT molecular complexity index is 593. The zero-order chi connectivity index (χ0) is 13.5. The Balaban J connectivity index is 1.95. The van der Waals surface area contributed by atoms with E-state index in [-0.39, 0.29) is 12.5 Å². The van der Waals surface area contributed by atoms with Crippen molar-refractivity contribution in [2.45, 2.75) is 13.0 Å². The summed E-state index contributed by atoms with van der Waals surface area (Å²) in [6.45, 7) is 0.495. The quantitative estimate of drug-likeness (QED) is 0.732. The first-order chi connectivity index (χ1) is 9.31. The van der Waals surface area contributed by atoms with E-state index >= 15 is 0 Å². The number of H-pyrrole nitrogens is 1. The lowest BCUT2D eigenvalue weighted by Gasteiger charge is -2.01. The summed E-state index contributed by atoms with van der Waals surface area (Å²) in [4.78, 5) is 12.7. The van der Waals surface area contributed by atoms with E-state index in [4.69, 9.17) is 5.11 Å². The molecule has 19 heavy (non-hydrogen) atoms. The Morgan fingerprint density at radius 3 is 3.21 bits per heavy atom. The standard InChI is InChI=1S/C13H13N3O2S/c17-5-2-1-3-10-4-6-19-12(10)9-14-13(18)11-7-15-16-8-11/h4,6-8,17H,2,5,9H2,(H,14,18)(H,15,16). The number of aromatic amines is 1. The van der Waals surface area contributed by atoms with Crippen LogP contribution in [0.5, 0.6) is 0 Å². The predicted molar refractivity (Wildman–Crippen MR) is 72.7 cm³/mol. The number of carbonyl (C=O) groups is 1. The Morgan fingerprint density at radius 2 is 2.47 bits per heavy atom. The SMILES string of the molecule is O=C(NCc1sccc1C#CCCO)c1cn[nH]c1. The highest BCUT2D eigenvalue weighted by Crippen LogP contribution is 2.15. The molecule has 98 valence electrons. The largest absolute Gasteiger partial charge is 0.395 e. The molecule has 0 aliphatic carbocycles. The van der Waals surface area contributed by atoms with Crippen LogP contribution >= 0.6 is 11.3 Å². The van der Waals surface area contributed by atoms with Gasteiger partial charge in [-0.05, 0) is 11.4 Å². The minimum Gasteiger partial charge on any atom is -0.395 e. The van der Waals surface area contributed by atoms with E-state index in [9.17, 15) is 4.79 Å². The molecule has 0 saturated carbocycles. The van der Waals surface area contributed by atoms with E-state index in [1.807, 2.05) is 11.4 Å². The molecule has 6 heteroatoms. The fraction of sp³-hybridized carbons (Fsp3) is 0.231. The van der Waals surface area contributed by atoms with E-state index in [0.29, 0.717) is 18.5 Å². The van der Waals surface area contributed by atoms with Crippen LogP contribution in [-0.2, 0) is 6.54 Å². The second kappa shape index (κ2) is 6.73. The van der Waals surface area contributed by atoms with Crippen LogP contribution in [0.15, 0.2) is 23.8 Å². The molecule has 2 aromatic heterocycles. The number of nitrogens with zero attached hydrogens (tertiary/aromatic N) is 1. The van der Waals surface area contributed by atoms with Crippen LogP contribution in [-0.4, -0.2) is 27.8 Å². The van der Waals surface area contributed by atoms with Crippen LogP contribution in [0.1, 0.15) is 27.2 Å². The molecular formula is C13H13N3O2S. The number of aliphatic hydroxyl groups excluding tert-OH is 1. The van der Waals surface area contributed by atoms with Crippen molar-refractivity contribution in [1.82, 2.24) is 15.5 Å². The maximum Gasteiger partial charge on any atom is 0.254 e. The minimum absolute atomic E-state index is 0.0592. The molecule has 0 bridgehead atoms. The van der Waals surface area contributed by atoms with Crippen LogP contribution < -0.4 is 5.32 Å². The van der Waals surface area contributed by atoms with Crippen molar-refractivity contribution in [2.24, 2.45) is 0 Å². The van der Waals surface area contributed by atoms with E-state index in [1.54, 1.807) is 17.5 Å². The molecule has 0 saturated heterocycles. The smallest absolute Gasteiger partial charge is 0.254 e. The van der Waals surface area contributed by atoms with Gasteiger partial charge in [-0.1, -0.05) is 11.8 Å². The van der Waals surface area contributed by atoms with Gasteiger partial charge >= 0.3 is 0 Å². The van der Waals surface area contributed by atoms with Gasteiger partial charge < -0.3 is 10.4 Å². The number of aliphatic hydroxyl groups is 1. The molecule has 2 aromatic rings. The molecule has 0 unspecified atom stereocenters. The maximum atomic E-state index is 11.7. The first-order valence-corrected chi connectivity index (χ1v) is 6.62. The Morgan fingerprint density at radius 1 is 1.58 bits per heavy atom. The van der Waals surface area contributed by atoms with Gasteiger partial charge in [0, 0.05) is 23.1 Å². The Hall–Kier alpha value is -2.10. The van der Waals surface area contributed by atoms with Crippen molar-refractivity contribution in [2.75, 3.05) is 6.61 Å². The van der Waals surface area contributed by atoms with Crippen molar-refractivity contribution in [3.8, 4) is 11.8 Å². The third kappa shape index (κ3) is 3.68. The number of carbonyl (C=O) groups excluding carboxylic acids is 1. The highest BCUT2D eigenvalue weighted by Gasteiger charge is 2.08. The number of nitrogens with one attached hydrogen (secondary N) is 2. The summed E-state index contributed by atoms with van der Waals surface area (Å²) in [6, 6.07) is 1.91. The lowest BCUT2D eigenvalue weighted by molar-refractivity contribution is 0.0951. The van der Waals surface area contributed by atoms with E-state index in [0.717, 1.165) is 10.4 Å². The van der Waals surface area contributed by atoms with Crippen LogP contribution in [0.25, 0.3) is 0 Å². The lowest BCUT2D eigenvalue weighted by Crippen LogP contribution is -2.22. The van der Waals surface area contributed by atoms with Gasteiger partial charge in [-0.25, -0.2) is 0 Å². The van der Waals surface area contributed by atoms with Crippen LogP contribution in [0, 0.1) is 11.8 Å². The monoisotopic (exact) mass is 275 g/mol. The van der Waals surface area contributed by atoms with Crippen LogP contribution in [0.4, 0.5) is 0 Å². The summed E-state index contributed by atoms with van der Waals surface area (Å²) in [5.74, 6) is 5.69.